The van der Waals surface area contributed by atoms with Gasteiger partial charge in [-0.2, -0.15) is 0 Å². The van der Waals surface area contributed by atoms with Crippen LogP contribution in [0, 0.1) is 0 Å². The monoisotopic (exact) mass is 351 g/mol. The van der Waals surface area contributed by atoms with Gasteiger partial charge in [0.1, 0.15) is 0 Å². The first-order valence-corrected chi connectivity index (χ1v) is 7.75. The Morgan fingerprint density at radius 1 is 1.47 bits per heavy atom. The van der Waals surface area contributed by atoms with Gasteiger partial charge in [0.15, 0.2) is 5.82 Å². The van der Waals surface area contributed by atoms with Crippen molar-refractivity contribution in [2.24, 2.45) is 11.0 Å². The molecule has 0 fully saturated rings. The van der Waals surface area contributed by atoms with Gasteiger partial charge < -0.3 is 10.7 Å². The molecular formula is C9H14BrN5O3S. The van der Waals surface area contributed by atoms with Crippen molar-refractivity contribution in [2.45, 2.75) is 6.42 Å². The first-order valence-electron chi connectivity index (χ1n) is 5.24. The summed E-state index contributed by atoms with van der Waals surface area (Å²) in [6.07, 6.45) is 1.73. The fourth-order valence-electron chi connectivity index (χ4n) is 1.30. The summed E-state index contributed by atoms with van der Waals surface area (Å²) in [7, 11) is -3.51. The molecule has 1 aromatic heterocycles. The number of carbonyl (C=O) groups excluding carboxylic acids is 1. The third-order valence-electron chi connectivity index (χ3n) is 2.13. The molecule has 0 aliphatic heterocycles. The standard InChI is InChI=1S/C9H14BrN5O3S/c10-6-4-7(8(15-11)14-5-6)9(16)13-2-1-3-19(12,17)18/h4-5H,1-3,11H2,(H,13,16)(H,14,15)(H2,12,17,18). The highest BCUT2D eigenvalue weighted by atomic mass is 79.9. The second kappa shape index (κ2) is 6.80. The summed E-state index contributed by atoms with van der Waals surface area (Å²) < 4.78 is 22.1. The van der Waals surface area contributed by atoms with Crippen LogP contribution in [-0.4, -0.2) is 31.6 Å². The molecule has 1 rings (SSSR count). The number of nitrogens with one attached hydrogen (secondary N) is 2. The molecule has 6 N–H and O–H groups in total. The molecule has 19 heavy (non-hydrogen) atoms. The molecule has 1 aromatic rings. The number of primary sulfonamides is 1. The Morgan fingerprint density at radius 2 is 2.16 bits per heavy atom. The zero-order chi connectivity index (χ0) is 14.5. The van der Waals surface area contributed by atoms with E-state index in [4.69, 9.17) is 11.0 Å². The summed E-state index contributed by atoms with van der Waals surface area (Å²) in [5.74, 6) is 4.88. The smallest absolute Gasteiger partial charge is 0.255 e. The van der Waals surface area contributed by atoms with Gasteiger partial charge in [-0.15, -0.1) is 0 Å². The first kappa shape index (κ1) is 15.8. The Balaban J connectivity index is 2.61. The summed E-state index contributed by atoms with van der Waals surface area (Å²) in [4.78, 5) is 15.8. The normalized spacial score (nSPS) is 11.1. The zero-order valence-corrected chi connectivity index (χ0v) is 12.3. The molecule has 0 aromatic carbocycles. The molecule has 0 saturated carbocycles. The number of sulfonamides is 1. The average molecular weight is 352 g/mol. The van der Waals surface area contributed by atoms with Gasteiger partial charge in [-0.05, 0) is 28.4 Å². The molecule has 0 spiro atoms. The highest BCUT2D eigenvalue weighted by molar-refractivity contribution is 9.10. The van der Waals surface area contributed by atoms with Crippen molar-refractivity contribution in [2.75, 3.05) is 17.7 Å². The van der Waals surface area contributed by atoms with E-state index in [9.17, 15) is 13.2 Å². The van der Waals surface area contributed by atoms with Gasteiger partial charge in [-0.25, -0.2) is 24.4 Å². The fourth-order valence-corrected chi connectivity index (χ4v) is 2.18. The summed E-state index contributed by atoms with van der Waals surface area (Å²) >= 11 is 3.19. The number of hydrazine groups is 1. The van der Waals surface area contributed by atoms with Crippen molar-refractivity contribution >= 4 is 37.7 Å². The number of aromatic nitrogens is 1. The van der Waals surface area contributed by atoms with Crippen LogP contribution < -0.4 is 21.7 Å². The van der Waals surface area contributed by atoms with E-state index in [2.05, 4.69) is 31.7 Å². The summed E-state index contributed by atoms with van der Waals surface area (Å²) in [5.41, 5.74) is 2.57. The van der Waals surface area contributed by atoms with Crippen molar-refractivity contribution < 1.29 is 13.2 Å². The number of amides is 1. The lowest BCUT2D eigenvalue weighted by molar-refractivity contribution is 0.0954. The van der Waals surface area contributed by atoms with Crippen LogP contribution in [-0.2, 0) is 10.0 Å². The Morgan fingerprint density at radius 3 is 2.74 bits per heavy atom. The van der Waals surface area contributed by atoms with Gasteiger partial charge in [0, 0.05) is 17.2 Å². The van der Waals surface area contributed by atoms with Crippen LogP contribution in [0.2, 0.25) is 0 Å². The number of carbonyl (C=O) groups is 1. The van der Waals surface area contributed by atoms with Crippen molar-refractivity contribution in [3.05, 3.63) is 22.3 Å². The number of hydrogen-bond acceptors (Lipinski definition) is 6. The lowest BCUT2D eigenvalue weighted by Gasteiger charge is -2.09. The van der Waals surface area contributed by atoms with Crippen LogP contribution in [0.5, 0.6) is 0 Å². The number of anilines is 1. The molecule has 0 bridgehead atoms. The van der Waals surface area contributed by atoms with Crippen molar-refractivity contribution in [1.82, 2.24) is 10.3 Å². The van der Waals surface area contributed by atoms with E-state index in [1.165, 1.54) is 6.20 Å². The largest absolute Gasteiger partial charge is 0.352 e. The second-order valence-electron chi connectivity index (χ2n) is 3.67. The summed E-state index contributed by atoms with van der Waals surface area (Å²) in [6, 6.07) is 1.55. The van der Waals surface area contributed by atoms with Crippen LogP contribution in [0.3, 0.4) is 0 Å². The SMILES string of the molecule is NNc1ncc(Br)cc1C(=O)NCCCS(N)(=O)=O. The Labute approximate surface area is 119 Å². The summed E-state index contributed by atoms with van der Waals surface area (Å²) in [6.45, 7) is 0.186. The van der Waals surface area contributed by atoms with E-state index >= 15 is 0 Å². The van der Waals surface area contributed by atoms with Crippen molar-refractivity contribution in [1.29, 1.82) is 0 Å². The van der Waals surface area contributed by atoms with Gasteiger partial charge in [0.05, 0.1) is 11.3 Å². The number of rotatable bonds is 6. The number of halogens is 1. The molecule has 1 heterocycles. The third kappa shape index (κ3) is 5.51. The summed E-state index contributed by atoms with van der Waals surface area (Å²) in [5, 5.41) is 7.40. The van der Waals surface area contributed by atoms with Gasteiger partial charge in [-0.1, -0.05) is 0 Å². The first-order chi connectivity index (χ1) is 8.83. The molecule has 0 saturated heterocycles. The maximum Gasteiger partial charge on any atom is 0.255 e. The van der Waals surface area contributed by atoms with Crippen LogP contribution in [0.4, 0.5) is 5.82 Å². The molecule has 0 aliphatic rings. The highest BCUT2D eigenvalue weighted by Gasteiger charge is 2.12. The highest BCUT2D eigenvalue weighted by Crippen LogP contribution is 2.16. The minimum Gasteiger partial charge on any atom is -0.352 e. The lowest BCUT2D eigenvalue weighted by Crippen LogP contribution is -2.28. The molecule has 8 nitrogen and oxygen atoms in total. The molecule has 106 valence electrons. The van der Waals surface area contributed by atoms with E-state index in [1.54, 1.807) is 6.07 Å². The number of nitrogens with zero attached hydrogens (tertiary/aromatic N) is 1. The van der Waals surface area contributed by atoms with Crippen LogP contribution in [0.25, 0.3) is 0 Å². The number of pyridine rings is 1. The maximum absolute atomic E-state index is 11.9. The van der Waals surface area contributed by atoms with E-state index in [0.717, 1.165) is 0 Å². The molecule has 10 heteroatoms. The van der Waals surface area contributed by atoms with Crippen molar-refractivity contribution in [3.8, 4) is 0 Å². The zero-order valence-electron chi connectivity index (χ0n) is 9.89. The van der Waals surface area contributed by atoms with Gasteiger partial charge in [-0.3, -0.25) is 4.79 Å². The Hall–Kier alpha value is -1.23. The van der Waals surface area contributed by atoms with Crippen LogP contribution in [0.15, 0.2) is 16.7 Å². The molecule has 0 atom stereocenters. The predicted molar refractivity (Wildman–Crippen MR) is 74.7 cm³/mol. The average Bonchev–Trinajstić information content (AvgIpc) is 2.33. The lowest BCUT2D eigenvalue weighted by atomic mass is 10.2. The van der Waals surface area contributed by atoms with Gasteiger partial charge in [0.25, 0.3) is 5.91 Å². The molecule has 1 amide bonds. The molecule has 0 aliphatic carbocycles. The van der Waals surface area contributed by atoms with E-state index < -0.39 is 15.9 Å². The van der Waals surface area contributed by atoms with E-state index in [1.807, 2.05) is 0 Å². The van der Waals surface area contributed by atoms with Crippen LogP contribution >= 0.6 is 15.9 Å². The Bertz CT molecular complexity index is 563. The minimum atomic E-state index is -3.51. The fraction of sp³-hybridized carbons (Fsp3) is 0.333. The topological polar surface area (TPSA) is 140 Å². The van der Waals surface area contributed by atoms with Crippen molar-refractivity contribution in [3.63, 3.8) is 0 Å². The maximum atomic E-state index is 11.9. The number of hydrogen-bond donors (Lipinski definition) is 4. The minimum absolute atomic E-state index is 0.186. The van der Waals surface area contributed by atoms with E-state index in [-0.39, 0.29) is 30.1 Å². The molecule has 0 radical (unpaired) electrons. The molecule has 0 unspecified atom stereocenters. The number of nitrogens with two attached hydrogens (primary N) is 2. The molecular weight excluding hydrogens is 338 g/mol. The Kier molecular flexibility index (Phi) is 5.66. The predicted octanol–water partition coefficient (Wildman–Crippen LogP) is -0.462. The quantitative estimate of drug-likeness (QED) is 0.310. The van der Waals surface area contributed by atoms with E-state index in [0.29, 0.717) is 4.47 Å². The van der Waals surface area contributed by atoms with Gasteiger partial charge in [0.2, 0.25) is 10.0 Å². The third-order valence-corrected chi connectivity index (χ3v) is 3.42. The van der Waals surface area contributed by atoms with Gasteiger partial charge >= 0.3 is 0 Å². The number of nitrogen functional groups attached to an aromatic ring is 1. The van der Waals surface area contributed by atoms with Crippen LogP contribution in [0.1, 0.15) is 16.8 Å². The second-order valence-corrected chi connectivity index (χ2v) is 6.32.